The molecule has 4 aromatic rings. The Bertz CT molecular complexity index is 1150. The molecule has 2 heterocycles. The average Bonchev–Trinajstić information content (AvgIpc) is 3.43. The Morgan fingerprint density at radius 1 is 1.07 bits per heavy atom. The van der Waals surface area contributed by atoms with Gasteiger partial charge in [0.25, 0.3) is 0 Å². The Labute approximate surface area is 175 Å². The lowest BCUT2D eigenvalue weighted by molar-refractivity contribution is -0.113. The van der Waals surface area contributed by atoms with Crippen LogP contribution >= 0.6 is 23.1 Å². The molecule has 0 spiro atoms. The number of carbonyl (C=O) groups excluding carboxylic acids is 1. The van der Waals surface area contributed by atoms with E-state index >= 15 is 0 Å². The first kappa shape index (κ1) is 18.9. The minimum atomic E-state index is -0.153. The smallest absolute Gasteiger partial charge is 0.234 e. The number of nitrogens with zero attached hydrogens (tertiary/aromatic N) is 4. The predicted octanol–water partition coefficient (Wildman–Crippen LogP) is 4.60. The molecule has 29 heavy (non-hydrogen) atoms. The number of carbonyl (C=O) groups is 1. The first-order valence-electron chi connectivity index (χ1n) is 8.72. The van der Waals surface area contributed by atoms with Crippen LogP contribution in [0, 0.1) is 11.3 Å². The molecule has 0 aliphatic rings. The highest BCUT2D eigenvalue weighted by Crippen LogP contribution is 2.30. The van der Waals surface area contributed by atoms with Gasteiger partial charge in [0.05, 0.1) is 22.3 Å². The highest BCUT2D eigenvalue weighted by molar-refractivity contribution is 7.99. The van der Waals surface area contributed by atoms with Crippen molar-refractivity contribution in [1.82, 2.24) is 14.8 Å². The maximum atomic E-state index is 12.4. The predicted molar refractivity (Wildman–Crippen MR) is 115 cm³/mol. The fraction of sp³-hybridized carbons (Fsp3) is 0.0476. The van der Waals surface area contributed by atoms with Gasteiger partial charge in [-0.3, -0.25) is 9.36 Å². The van der Waals surface area contributed by atoms with Crippen LogP contribution in [-0.4, -0.2) is 26.4 Å². The molecule has 2 aromatic heterocycles. The lowest BCUT2D eigenvalue weighted by Crippen LogP contribution is -2.14. The molecule has 4 rings (SSSR count). The van der Waals surface area contributed by atoms with Crippen LogP contribution < -0.4 is 5.32 Å². The van der Waals surface area contributed by atoms with Gasteiger partial charge in [0, 0.05) is 11.4 Å². The third-order valence-electron chi connectivity index (χ3n) is 4.02. The second-order valence-electron chi connectivity index (χ2n) is 5.98. The summed E-state index contributed by atoms with van der Waals surface area (Å²) >= 11 is 2.92. The highest BCUT2D eigenvalue weighted by Gasteiger charge is 2.17. The largest absolute Gasteiger partial charge is 0.325 e. The number of hydrogen-bond donors (Lipinski definition) is 1. The third-order valence-corrected chi connectivity index (χ3v) is 5.81. The van der Waals surface area contributed by atoms with Crippen molar-refractivity contribution in [2.45, 2.75) is 5.16 Å². The van der Waals surface area contributed by atoms with Gasteiger partial charge >= 0.3 is 0 Å². The Hall–Kier alpha value is -3.41. The molecule has 0 aliphatic heterocycles. The van der Waals surface area contributed by atoms with Crippen molar-refractivity contribution in [3.63, 3.8) is 0 Å². The lowest BCUT2D eigenvalue weighted by Gasteiger charge is -2.09. The quantitative estimate of drug-likeness (QED) is 0.464. The Kier molecular flexibility index (Phi) is 5.70. The van der Waals surface area contributed by atoms with E-state index in [9.17, 15) is 4.79 Å². The number of anilines is 1. The standard InChI is InChI=1S/C21H15N5OS2/c22-13-15-8-10-16(11-9-15)23-19(27)14-29-21-25-24-20(18-7-4-12-28-18)26(21)17-5-2-1-3-6-17/h1-12H,14H2,(H,23,27). The van der Waals surface area contributed by atoms with Gasteiger partial charge < -0.3 is 5.32 Å². The van der Waals surface area contributed by atoms with Crippen LogP contribution in [0.2, 0.25) is 0 Å². The SMILES string of the molecule is N#Cc1ccc(NC(=O)CSc2nnc(-c3cccs3)n2-c2ccccc2)cc1. The molecule has 1 amide bonds. The Balaban J connectivity index is 1.52. The zero-order chi connectivity index (χ0) is 20.1. The number of benzene rings is 2. The van der Waals surface area contributed by atoms with Gasteiger partial charge in [-0.2, -0.15) is 5.26 Å². The van der Waals surface area contributed by atoms with Gasteiger partial charge in [-0.15, -0.1) is 21.5 Å². The number of rotatable bonds is 6. The maximum Gasteiger partial charge on any atom is 0.234 e. The van der Waals surface area contributed by atoms with E-state index in [1.165, 1.54) is 11.8 Å². The van der Waals surface area contributed by atoms with Crippen molar-refractivity contribution in [3.8, 4) is 22.5 Å². The number of amides is 1. The van der Waals surface area contributed by atoms with Crippen molar-refractivity contribution in [1.29, 1.82) is 5.26 Å². The third kappa shape index (κ3) is 4.37. The minimum absolute atomic E-state index is 0.153. The fourth-order valence-corrected chi connectivity index (χ4v) is 4.14. The van der Waals surface area contributed by atoms with Crippen LogP contribution in [0.3, 0.4) is 0 Å². The molecule has 6 nitrogen and oxygen atoms in total. The summed E-state index contributed by atoms with van der Waals surface area (Å²) in [4.78, 5) is 13.4. The van der Waals surface area contributed by atoms with Gasteiger partial charge in [0.2, 0.25) is 5.91 Å². The number of aromatic nitrogens is 3. The van der Waals surface area contributed by atoms with Crippen LogP contribution in [0.5, 0.6) is 0 Å². The molecule has 2 aromatic carbocycles. The molecular weight excluding hydrogens is 402 g/mol. The van der Waals surface area contributed by atoms with E-state index in [4.69, 9.17) is 5.26 Å². The fourth-order valence-electron chi connectivity index (χ4n) is 2.69. The molecule has 8 heteroatoms. The second kappa shape index (κ2) is 8.73. The van der Waals surface area contributed by atoms with Gasteiger partial charge in [-0.25, -0.2) is 0 Å². The Morgan fingerprint density at radius 3 is 2.55 bits per heavy atom. The normalized spacial score (nSPS) is 10.4. The molecule has 1 N–H and O–H groups in total. The highest BCUT2D eigenvalue weighted by atomic mass is 32.2. The van der Waals surface area contributed by atoms with Crippen LogP contribution in [0.25, 0.3) is 16.4 Å². The van der Waals surface area contributed by atoms with E-state index in [0.29, 0.717) is 16.4 Å². The summed E-state index contributed by atoms with van der Waals surface area (Å²) in [6.45, 7) is 0. The van der Waals surface area contributed by atoms with Gasteiger partial charge in [-0.1, -0.05) is 36.0 Å². The maximum absolute atomic E-state index is 12.4. The number of thiophene rings is 1. The van der Waals surface area contributed by atoms with Crippen molar-refractivity contribution < 1.29 is 4.79 Å². The molecule has 0 radical (unpaired) electrons. The average molecular weight is 418 g/mol. The molecule has 0 bridgehead atoms. The van der Waals surface area contributed by atoms with E-state index in [0.717, 1.165) is 16.4 Å². The molecule has 0 unspecified atom stereocenters. The van der Waals surface area contributed by atoms with Gasteiger partial charge in [0.1, 0.15) is 0 Å². The number of para-hydroxylation sites is 1. The summed E-state index contributed by atoms with van der Waals surface area (Å²) in [5.41, 5.74) is 2.14. The van der Waals surface area contributed by atoms with Crippen molar-refractivity contribution in [3.05, 3.63) is 77.7 Å². The second-order valence-corrected chi connectivity index (χ2v) is 7.87. The number of nitrogens with one attached hydrogen (secondary N) is 1. The van der Waals surface area contributed by atoms with E-state index in [-0.39, 0.29) is 11.7 Å². The van der Waals surface area contributed by atoms with E-state index in [1.807, 2.05) is 52.4 Å². The van der Waals surface area contributed by atoms with Crippen molar-refractivity contribution in [2.75, 3.05) is 11.1 Å². The number of hydrogen-bond acceptors (Lipinski definition) is 6. The van der Waals surface area contributed by atoms with E-state index in [1.54, 1.807) is 35.6 Å². The zero-order valence-electron chi connectivity index (χ0n) is 15.1. The van der Waals surface area contributed by atoms with Crippen LogP contribution in [0.4, 0.5) is 5.69 Å². The summed E-state index contributed by atoms with van der Waals surface area (Å²) < 4.78 is 1.96. The van der Waals surface area contributed by atoms with Gasteiger partial charge in [0.15, 0.2) is 11.0 Å². The first-order valence-corrected chi connectivity index (χ1v) is 10.6. The summed E-state index contributed by atoms with van der Waals surface area (Å²) in [7, 11) is 0. The van der Waals surface area contributed by atoms with Crippen LogP contribution in [0.1, 0.15) is 5.56 Å². The number of thioether (sulfide) groups is 1. The Morgan fingerprint density at radius 2 is 1.86 bits per heavy atom. The lowest BCUT2D eigenvalue weighted by atomic mass is 10.2. The molecule has 0 saturated heterocycles. The molecule has 0 fully saturated rings. The number of nitriles is 1. The van der Waals surface area contributed by atoms with Crippen molar-refractivity contribution >= 4 is 34.7 Å². The van der Waals surface area contributed by atoms with Crippen LogP contribution in [0.15, 0.2) is 77.3 Å². The summed E-state index contributed by atoms with van der Waals surface area (Å²) in [5.74, 6) is 0.788. The first-order chi connectivity index (χ1) is 14.2. The van der Waals surface area contributed by atoms with Crippen LogP contribution in [-0.2, 0) is 4.79 Å². The van der Waals surface area contributed by atoms with Crippen molar-refractivity contribution in [2.24, 2.45) is 0 Å². The molecule has 142 valence electrons. The molecular formula is C21H15N5OS2. The van der Waals surface area contributed by atoms with E-state index < -0.39 is 0 Å². The molecule has 0 saturated carbocycles. The summed E-state index contributed by atoms with van der Waals surface area (Å²) in [6.07, 6.45) is 0. The minimum Gasteiger partial charge on any atom is -0.325 e. The molecule has 0 aliphatic carbocycles. The summed E-state index contributed by atoms with van der Waals surface area (Å²) in [5, 5.41) is 23.0. The summed E-state index contributed by atoms with van der Waals surface area (Å²) in [6, 6.07) is 22.6. The van der Waals surface area contributed by atoms with Gasteiger partial charge in [-0.05, 0) is 47.8 Å². The van der Waals surface area contributed by atoms with E-state index in [2.05, 4.69) is 21.6 Å². The molecule has 0 atom stereocenters. The monoisotopic (exact) mass is 417 g/mol. The topological polar surface area (TPSA) is 83.6 Å². The zero-order valence-corrected chi connectivity index (χ0v) is 16.8.